The van der Waals surface area contributed by atoms with E-state index in [0.29, 0.717) is 12.1 Å². The second-order valence-corrected chi connectivity index (χ2v) is 7.68. The van der Waals surface area contributed by atoms with Crippen LogP contribution in [0.4, 0.5) is 0 Å². The van der Waals surface area contributed by atoms with Gasteiger partial charge in [-0.05, 0) is 40.8 Å². The molecule has 5 nitrogen and oxygen atoms in total. The number of hydrogen-bond donors (Lipinski definition) is 0. The number of aryl methyl sites for hydroxylation is 1. The lowest BCUT2D eigenvalue weighted by molar-refractivity contribution is 0.00789. The van der Waals surface area contributed by atoms with E-state index < -0.39 is 0 Å². The lowest BCUT2D eigenvalue weighted by Gasteiger charge is -2.37. The molecule has 4 heterocycles. The Kier molecular flexibility index (Phi) is 4.98. The molecule has 130 valence electrons. The Morgan fingerprint density at radius 2 is 2.12 bits per heavy atom. The van der Waals surface area contributed by atoms with Crippen molar-refractivity contribution < 1.29 is 4.74 Å². The number of morpholine rings is 1. The summed E-state index contributed by atoms with van der Waals surface area (Å²) in [5.74, 6) is 0. The fraction of sp³-hybridized carbons (Fsp3) is 0.611. The summed E-state index contributed by atoms with van der Waals surface area (Å²) in [6.07, 6.45) is 6.53. The molecule has 0 spiro atoms. The quantitative estimate of drug-likeness (QED) is 0.829. The van der Waals surface area contributed by atoms with E-state index in [2.05, 4.69) is 37.9 Å². The summed E-state index contributed by atoms with van der Waals surface area (Å²) < 4.78 is 7.47. The zero-order valence-electron chi connectivity index (χ0n) is 14.3. The molecule has 0 bridgehead atoms. The van der Waals surface area contributed by atoms with E-state index in [0.717, 1.165) is 39.3 Å². The van der Waals surface area contributed by atoms with Crippen LogP contribution in [0.1, 0.15) is 17.5 Å². The van der Waals surface area contributed by atoms with E-state index in [4.69, 9.17) is 4.74 Å². The fourth-order valence-electron chi connectivity index (χ4n) is 4.13. The summed E-state index contributed by atoms with van der Waals surface area (Å²) in [6, 6.07) is 3.45. The van der Waals surface area contributed by atoms with Gasteiger partial charge < -0.3 is 4.74 Å². The van der Waals surface area contributed by atoms with Crippen LogP contribution in [0.2, 0.25) is 0 Å². The summed E-state index contributed by atoms with van der Waals surface area (Å²) in [7, 11) is 2.00. The first-order chi connectivity index (χ1) is 11.8. The first-order valence-electron chi connectivity index (χ1n) is 8.84. The minimum atomic E-state index is 0.562. The molecule has 6 heteroatoms. The van der Waals surface area contributed by atoms with Crippen LogP contribution in [0.5, 0.6) is 0 Å². The first kappa shape index (κ1) is 16.3. The molecule has 0 aliphatic carbocycles. The Labute approximate surface area is 147 Å². The molecule has 2 aliphatic heterocycles. The summed E-state index contributed by atoms with van der Waals surface area (Å²) in [5.41, 5.74) is 2.79. The molecule has 2 saturated heterocycles. The van der Waals surface area contributed by atoms with Gasteiger partial charge in [0.15, 0.2) is 0 Å². The topological polar surface area (TPSA) is 33.5 Å². The van der Waals surface area contributed by atoms with Gasteiger partial charge in [0.05, 0.1) is 19.4 Å². The number of likely N-dealkylation sites (tertiary alicyclic amines) is 1. The van der Waals surface area contributed by atoms with E-state index in [1.807, 2.05) is 17.9 Å². The summed E-state index contributed by atoms with van der Waals surface area (Å²) in [6.45, 7) is 6.14. The molecule has 2 aromatic rings. The lowest BCUT2D eigenvalue weighted by atomic mass is 10.00. The van der Waals surface area contributed by atoms with Crippen LogP contribution in [0.15, 0.2) is 29.2 Å². The average Bonchev–Trinajstić information content (AvgIpc) is 3.33. The molecule has 2 aromatic heterocycles. The van der Waals surface area contributed by atoms with Crippen molar-refractivity contribution in [3.63, 3.8) is 0 Å². The van der Waals surface area contributed by atoms with Gasteiger partial charge in [-0.25, -0.2) is 0 Å². The van der Waals surface area contributed by atoms with Crippen molar-refractivity contribution in [2.24, 2.45) is 7.05 Å². The zero-order valence-corrected chi connectivity index (χ0v) is 15.1. The molecule has 2 fully saturated rings. The van der Waals surface area contributed by atoms with E-state index in [-0.39, 0.29) is 0 Å². The summed E-state index contributed by atoms with van der Waals surface area (Å²) >= 11 is 1.79. The SMILES string of the molecule is Cn1cc(C[C@@H]2[C@@H](N3CCOCC3)CCN2Cc2ccsc2)cn1. The highest BCUT2D eigenvalue weighted by Gasteiger charge is 2.38. The molecule has 0 amide bonds. The second-order valence-electron chi connectivity index (χ2n) is 6.90. The molecular formula is C18H26N4OS. The van der Waals surface area contributed by atoms with Crippen LogP contribution in [0, 0.1) is 0 Å². The standard InChI is InChI=1S/C18H26N4OS/c1-20-12-16(11-19-20)10-18-17(21-5-7-23-8-6-21)2-4-22(18)13-15-3-9-24-14-15/h3,9,11-12,14,17-18H,2,4-8,10,13H2,1H3/t17-,18+/m0/s1. The number of aromatic nitrogens is 2. The monoisotopic (exact) mass is 346 g/mol. The van der Waals surface area contributed by atoms with Crippen LogP contribution in [-0.2, 0) is 24.8 Å². The molecule has 2 aliphatic rings. The van der Waals surface area contributed by atoms with Crippen LogP contribution >= 0.6 is 11.3 Å². The van der Waals surface area contributed by atoms with Crippen LogP contribution in [0.25, 0.3) is 0 Å². The van der Waals surface area contributed by atoms with Crippen LogP contribution in [0.3, 0.4) is 0 Å². The van der Waals surface area contributed by atoms with E-state index >= 15 is 0 Å². The maximum atomic E-state index is 5.56. The Bertz CT molecular complexity index is 635. The third kappa shape index (κ3) is 3.57. The summed E-state index contributed by atoms with van der Waals surface area (Å²) in [4.78, 5) is 5.33. The highest BCUT2D eigenvalue weighted by atomic mass is 32.1. The maximum absolute atomic E-state index is 5.56. The maximum Gasteiger partial charge on any atom is 0.0594 e. The summed E-state index contributed by atoms with van der Waals surface area (Å²) in [5, 5.41) is 8.83. The Morgan fingerprint density at radius 3 is 2.83 bits per heavy atom. The molecule has 0 N–H and O–H groups in total. The molecule has 0 unspecified atom stereocenters. The van der Waals surface area contributed by atoms with Gasteiger partial charge in [-0.1, -0.05) is 0 Å². The number of rotatable bonds is 5. The normalized spacial score (nSPS) is 26.2. The third-order valence-electron chi connectivity index (χ3n) is 5.31. The van der Waals surface area contributed by atoms with Gasteiger partial charge >= 0.3 is 0 Å². The smallest absolute Gasteiger partial charge is 0.0594 e. The van der Waals surface area contributed by atoms with Gasteiger partial charge in [0.2, 0.25) is 0 Å². The van der Waals surface area contributed by atoms with Crippen molar-refractivity contribution in [2.75, 3.05) is 32.8 Å². The number of nitrogens with zero attached hydrogens (tertiary/aromatic N) is 4. The van der Waals surface area contributed by atoms with Crippen molar-refractivity contribution in [3.05, 3.63) is 40.3 Å². The average molecular weight is 346 g/mol. The van der Waals surface area contributed by atoms with Crippen LogP contribution < -0.4 is 0 Å². The molecule has 0 saturated carbocycles. The van der Waals surface area contributed by atoms with Gasteiger partial charge in [-0.3, -0.25) is 14.5 Å². The predicted molar refractivity (Wildman–Crippen MR) is 96.2 cm³/mol. The molecule has 0 aromatic carbocycles. The highest BCUT2D eigenvalue weighted by molar-refractivity contribution is 7.07. The molecule has 2 atom stereocenters. The number of ether oxygens (including phenoxy) is 1. The highest BCUT2D eigenvalue weighted by Crippen LogP contribution is 2.28. The van der Waals surface area contributed by atoms with Gasteiger partial charge in [0, 0.05) is 51.5 Å². The minimum absolute atomic E-state index is 0.562. The van der Waals surface area contributed by atoms with Crippen molar-refractivity contribution >= 4 is 11.3 Å². The Morgan fingerprint density at radius 1 is 1.25 bits per heavy atom. The lowest BCUT2D eigenvalue weighted by Crippen LogP contribution is -2.50. The predicted octanol–water partition coefficient (Wildman–Crippen LogP) is 2.00. The van der Waals surface area contributed by atoms with Crippen molar-refractivity contribution in [2.45, 2.75) is 31.5 Å². The first-order valence-corrected chi connectivity index (χ1v) is 9.78. The van der Waals surface area contributed by atoms with Gasteiger partial charge in [-0.2, -0.15) is 16.4 Å². The third-order valence-corrected chi connectivity index (χ3v) is 6.04. The Hall–Kier alpha value is -1.21. The molecule has 4 rings (SSSR count). The van der Waals surface area contributed by atoms with Gasteiger partial charge in [0.25, 0.3) is 0 Å². The minimum Gasteiger partial charge on any atom is -0.379 e. The largest absolute Gasteiger partial charge is 0.379 e. The van der Waals surface area contributed by atoms with Crippen LogP contribution in [-0.4, -0.2) is 64.5 Å². The van der Waals surface area contributed by atoms with Gasteiger partial charge in [-0.15, -0.1) is 0 Å². The number of thiophene rings is 1. The van der Waals surface area contributed by atoms with Crippen molar-refractivity contribution in [1.82, 2.24) is 19.6 Å². The molecular weight excluding hydrogens is 320 g/mol. The second kappa shape index (κ2) is 7.35. The van der Waals surface area contributed by atoms with E-state index in [9.17, 15) is 0 Å². The molecule has 0 radical (unpaired) electrons. The van der Waals surface area contributed by atoms with E-state index in [1.165, 1.54) is 24.1 Å². The Balaban J connectivity index is 1.52. The van der Waals surface area contributed by atoms with Crippen molar-refractivity contribution in [3.8, 4) is 0 Å². The number of hydrogen-bond acceptors (Lipinski definition) is 5. The molecule has 24 heavy (non-hydrogen) atoms. The fourth-order valence-corrected chi connectivity index (χ4v) is 4.79. The zero-order chi connectivity index (χ0) is 16.4. The van der Waals surface area contributed by atoms with Gasteiger partial charge in [0.1, 0.15) is 0 Å². The van der Waals surface area contributed by atoms with Crippen molar-refractivity contribution in [1.29, 1.82) is 0 Å². The van der Waals surface area contributed by atoms with E-state index in [1.54, 1.807) is 11.3 Å².